The second-order valence-electron chi connectivity index (χ2n) is 3.06. The van der Waals surface area contributed by atoms with Gasteiger partial charge >= 0.3 is 0 Å². The van der Waals surface area contributed by atoms with E-state index in [1.165, 1.54) is 24.4 Å². The third-order valence-corrected chi connectivity index (χ3v) is 2.68. The van der Waals surface area contributed by atoms with Gasteiger partial charge in [0.05, 0.1) is 5.02 Å². The van der Waals surface area contributed by atoms with Crippen molar-refractivity contribution in [2.45, 2.75) is 0 Å². The van der Waals surface area contributed by atoms with Crippen molar-refractivity contribution in [1.82, 2.24) is 4.98 Å². The van der Waals surface area contributed by atoms with E-state index in [-0.39, 0.29) is 21.3 Å². The minimum atomic E-state index is -0.987. The zero-order chi connectivity index (χ0) is 11.7. The molecular formula is C11H5Cl2F2N. The molecule has 0 aliphatic heterocycles. The Morgan fingerprint density at radius 1 is 1.06 bits per heavy atom. The Kier molecular flexibility index (Phi) is 3.08. The Hall–Kier alpha value is -1.19. The lowest BCUT2D eigenvalue weighted by molar-refractivity contribution is 0.511. The van der Waals surface area contributed by atoms with E-state index in [0.717, 1.165) is 6.07 Å². The first-order chi connectivity index (χ1) is 7.61. The van der Waals surface area contributed by atoms with E-state index in [0.29, 0.717) is 0 Å². The molecule has 0 N–H and O–H groups in total. The number of benzene rings is 1. The van der Waals surface area contributed by atoms with Gasteiger partial charge in [0, 0.05) is 17.3 Å². The predicted octanol–water partition coefficient (Wildman–Crippen LogP) is 4.33. The standard InChI is InChI=1S/C11H5Cl2F2N/c12-7-4-5-16-11(13)9(7)6-2-1-3-8(14)10(6)15/h1-5H. The van der Waals surface area contributed by atoms with Crippen molar-refractivity contribution in [3.8, 4) is 11.1 Å². The summed E-state index contributed by atoms with van der Waals surface area (Å²) in [6.45, 7) is 0. The van der Waals surface area contributed by atoms with Crippen LogP contribution in [0.5, 0.6) is 0 Å². The maximum Gasteiger partial charge on any atom is 0.166 e. The summed E-state index contributed by atoms with van der Waals surface area (Å²) in [4.78, 5) is 3.78. The molecule has 0 unspecified atom stereocenters. The summed E-state index contributed by atoms with van der Waals surface area (Å²) in [6.07, 6.45) is 1.39. The zero-order valence-corrected chi connectivity index (χ0v) is 9.36. The number of halogens is 4. The van der Waals surface area contributed by atoms with Crippen LogP contribution in [-0.4, -0.2) is 4.98 Å². The normalized spacial score (nSPS) is 10.5. The van der Waals surface area contributed by atoms with Gasteiger partial charge in [-0.25, -0.2) is 13.8 Å². The van der Waals surface area contributed by atoms with Crippen LogP contribution in [0, 0.1) is 11.6 Å². The second kappa shape index (κ2) is 4.36. The lowest BCUT2D eigenvalue weighted by Crippen LogP contribution is -1.92. The summed E-state index contributed by atoms with van der Waals surface area (Å²) < 4.78 is 26.6. The van der Waals surface area contributed by atoms with Gasteiger partial charge in [-0.2, -0.15) is 0 Å². The molecule has 1 nitrogen and oxygen atoms in total. The molecule has 0 spiro atoms. The minimum Gasteiger partial charge on any atom is -0.244 e. The smallest absolute Gasteiger partial charge is 0.166 e. The first kappa shape index (κ1) is 11.3. The third kappa shape index (κ3) is 1.88. The van der Waals surface area contributed by atoms with Crippen molar-refractivity contribution in [2.75, 3.05) is 0 Å². The Balaban J connectivity index is 2.73. The van der Waals surface area contributed by atoms with Crippen LogP contribution in [0.4, 0.5) is 8.78 Å². The zero-order valence-electron chi connectivity index (χ0n) is 7.85. The molecule has 0 saturated heterocycles. The van der Waals surface area contributed by atoms with Crippen LogP contribution in [0.15, 0.2) is 30.5 Å². The molecule has 2 aromatic rings. The summed E-state index contributed by atoms with van der Waals surface area (Å²) >= 11 is 11.7. The van der Waals surface area contributed by atoms with Crippen molar-refractivity contribution in [2.24, 2.45) is 0 Å². The highest BCUT2D eigenvalue weighted by molar-refractivity contribution is 6.38. The van der Waals surface area contributed by atoms with Crippen molar-refractivity contribution in [1.29, 1.82) is 0 Å². The number of rotatable bonds is 1. The van der Waals surface area contributed by atoms with Gasteiger partial charge in [-0.1, -0.05) is 35.3 Å². The Morgan fingerprint density at radius 3 is 2.50 bits per heavy atom. The molecule has 1 aromatic carbocycles. The molecule has 0 atom stereocenters. The maximum atomic E-state index is 13.5. The van der Waals surface area contributed by atoms with Crippen LogP contribution in [0.2, 0.25) is 10.2 Å². The van der Waals surface area contributed by atoms with Gasteiger partial charge in [0.15, 0.2) is 11.6 Å². The molecule has 16 heavy (non-hydrogen) atoms. The van der Waals surface area contributed by atoms with Gasteiger partial charge in [0.1, 0.15) is 5.15 Å². The topological polar surface area (TPSA) is 12.9 Å². The summed E-state index contributed by atoms with van der Waals surface area (Å²) in [7, 11) is 0. The van der Waals surface area contributed by atoms with E-state index in [9.17, 15) is 8.78 Å². The molecule has 82 valence electrons. The molecule has 0 bridgehead atoms. The van der Waals surface area contributed by atoms with Crippen molar-refractivity contribution >= 4 is 23.2 Å². The van der Waals surface area contributed by atoms with Crippen LogP contribution in [0.1, 0.15) is 0 Å². The van der Waals surface area contributed by atoms with E-state index >= 15 is 0 Å². The lowest BCUT2D eigenvalue weighted by Gasteiger charge is -2.07. The number of hydrogen-bond donors (Lipinski definition) is 0. The predicted molar refractivity (Wildman–Crippen MR) is 59.6 cm³/mol. The van der Waals surface area contributed by atoms with Gasteiger partial charge in [0.25, 0.3) is 0 Å². The monoisotopic (exact) mass is 259 g/mol. The first-order valence-electron chi connectivity index (χ1n) is 4.35. The number of hydrogen-bond acceptors (Lipinski definition) is 1. The van der Waals surface area contributed by atoms with Crippen LogP contribution in [0.25, 0.3) is 11.1 Å². The number of aromatic nitrogens is 1. The van der Waals surface area contributed by atoms with E-state index in [1.807, 2.05) is 0 Å². The van der Waals surface area contributed by atoms with Crippen LogP contribution < -0.4 is 0 Å². The van der Waals surface area contributed by atoms with Gasteiger partial charge < -0.3 is 0 Å². The molecule has 2 rings (SSSR count). The Bertz CT molecular complexity index is 523. The average molecular weight is 260 g/mol. The van der Waals surface area contributed by atoms with E-state index < -0.39 is 11.6 Å². The van der Waals surface area contributed by atoms with Crippen molar-refractivity contribution < 1.29 is 8.78 Å². The molecular weight excluding hydrogens is 255 g/mol. The minimum absolute atomic E-state index is 0.00287. The van der Waals surface area contributed by atoms with Crippen LogP contribution in [-0.2, 0) is 0 Å². The summed E-state index contributed by atoms with van der Waals surface area (Å²) in [6, 6.07) is 5.27. The highest BCUT2D eigenvalue weighted by atomic mass is 35.5. The number of nitrogens with zero attached hydrogens (tertiary/aromatic N) is 1. The fourth-order valence-corrected chi connectivity index (χ4v) is 1.91. The molecule has 0 aliphatic rings. The third-order valence-electron chi connectivity index (χ3n) is 2.07. The lowest BCUT2D eigenvalue weighted by atomic mass is 10.1. The first-order valence-corrected chi connectivity index (χ1v) is 5.11. The second-order valence-corrected chi connectivity index (χ2v) is 3.83. The molecule has 5 heteroatoms. The quantitative estimate of drug-likeness (QED) is 0.695. The molecule has 0 fully saturated rings. The van der Waals surface area contributed by atoms with Gasteiger partial charge in [0.2, 0.25) is 0 Å². The molecule has 0 amide bonds. The fraction of sp³-hybridized carbons (Fsp3) is 0. The highest BCUT2D eigenvalue weighted by Crippen LogP contribution is 2.34. The van der Waals surface area contributed by atoms with E-state index in [2.05, 4.69) is 4.98 Å². The van der Waals surface area contributed by atoms with E-state index in [1.54, 1.807) is 0 Å². The summed E-state index contributed by atoms with van der Waals surface area (Å²) in [5, 5.41) is 0.265. The molecule has 1 heterocycles. The average Bonchev–Trinajstić information content (AvgIpc) is 2.24. The Labute approximate surface area is 101 Å². The fourth-order valence-electron chi connectivity index (χ4n) is 1.35. The van der Waals surface area contributed by atoms with Gasteiger partial charge in [-0.3, -0.25) is 0 Å². The van der Waals surface area contributed by atoms with E-state index in [4.69, 9.17) is 23.2 Å². The van der Waals surface area contributed by atoms with Gasteiger partial charge in [-0.15, -0.1) is 0 Å². The molecule has 0 saturated carbocycles. The molecule has 0 aliphatic carbocycles. The van der Waals surface area contributed by atoms with Crippen LogP contribution in [0.3, 0.4) is 0 Å². The highest BCUT2D eigenvalue weighted by Gasteiger charge is 2.15. The van der Waals surface area contributed by atoms with Crippen LogP contribution >= 0.6 is 23.2 Å². The maximum absolute atomic E-state index is 13.5. The Morgan fingerprint density at radius 2 is 1.81 bits per heavy atom. The SMILES string of the molecule is Fc1cccc(-c2c(Cl)ccnc2Cl)c1F. The molecule has 1 aromatic heterocycles. The summed E-state index contributed by atoms with van der Waals surface area (Å²) in [5.74, 6) is -1.94. The van der Waals surface area contributed by atoms with Crippen molar-refractivity contribution in [3.05, 3.63) is 52.3 Å². The molecule has 0 radical (unpaired) electrons. The largest absolute Gasteiger partial charge is 0.244 e. The summed E-state index contributed by atoms with van der Waals surface area (Å²) in [5.41, 5.74) is 0.200. The van der Waals surface area contributed by atoms with Gasteiger partial charge in [-0.05, 0) is 12.1 Å². The van der Waals surface area contributed by atoms with Crippen molar-refractivity contribution in [3.63, 3.8) is 0 Å². The number of pyridine rings is 1.